The van der Waals surface area contributed by atoms with Crippen molar-refractivity contribution in [1.29, 1.82) is 0 Å². The summed E-state index contributed by atoms with van der Waals surface area (Å²) in [5.74, 6) is 0.238. The van der Waals surface area contributed by atoms with E-state index in [4.69, 9.17) is 5.11 Å². The molecule has 1 aliphatic rings. The van der Waals surface area contributed by atoms with E-state index in [1.807, 2.05) is 9.80 Å². The molecule has 0 aromatic heterocycles. The molecule has 4 nitrogen and oxygen atoms in total. The first-order valence-electron chi connectivity index (χ1n) is 6.42. The Bertz CT molecular complexity index is 256. The van der Waals surface area contributed by atoms with E-state index >= 15 is 0 Å². The first-order chi connectivity index (χ1) is 8.19. The molecule has 4 heteroatoms. The Morgan fingerprint density at radius 1 is 1.59 bits per heavy atom. The number of amides is 1. The summed E-state index contributed by atoms with van der Waals surface area (Å²) in [6, 6.07) is 0.396. The highest BCUT2D eigenvalue weighted by molar-refractivity contribution is 5.77. The Hall–Kier alpha value is -0.870. The molecule has 0 bridgehead atoms. The lowest BCUT2D eigenvalue weighted by atomic mass is 10.2. The van der Waals surface area contributed by atoms with Crippen molar-refractivity contribution in [1.82, 2.24) is 9.80 Å². The van der Waals surface area contributed by atoms with E-state index in [1.54, 1.807) is 6.08 Å². The van der Waals surface area contributed by atoms with Crippen LogP contribution in [0.25, 0.3) is 0 Å². The molecule has 1 unspecified atom stereocenters. The maximum absolute atomic E-state index is 12.0. The molecule has 1 fully saturated rings. The van der Waals surface area contributed by atoms with E-state index in [-0.39, 0.29) is 12.5 Å². The minimum atomic E-state index is 0.127. The van der Waals surface area contributed by atoms with Gasteiger partial charge < -0.3 is 10.0 Å². The lowest BCUT2D eigenvalue weighted by Gasteiger charge is -2.24. The van der Waals surface area contributed by atoms with Crippen LogP contribution in [0.1, 0.15) is 26.2 Å². The zero-order valence-electron chi connectivity index (χ0n) is 10.8. The van der Waals surface area contributed by atoms with E-state index < -0.39 is 0 Å². The van der Waals surface area contributed by atoms with Crippen molar-refractivity contribution in [3.8, 4) is 0 Å². The highest BCUT2D eigenvalue weighted by Crippen LogP contribution is 2.17. The van der Waals surface area contributed by atoms with Gasteiger partial charge in [-0.25, -0.2) is 0 Å². The third kappa shape index (κ3) is 4.48. The van der Waals surface area contributed by atoms with Gasteiger partial charge in [0.15, 0.2) is 0 Å². The molecule has 1 heterocycles. The Morgan fingerprint density at radius 3 is 2.88 bits per heavy atom. The number of carbonyl (C=O) groups is 1. The van der Waals surface area contributed by atoms with Gasteiger partial charge in [-0.15, -0.1) is 6.58 Å². The van der Waals surface area contributed by atoms with Crippen molar-refractivity contribution >= 4 is 5.91 Å². The normalized spacial score (nSPS) is 19.9. The number of nitrogens with zero attached hydrogens (tertiary/aromatic N) is 2. The lowest BCUT2D eigenvalue weighted by Crippen LogP contribution is -2.37. The van der Waals surface area contributed by atoms with Gasteiger partial charge in [-0.05, 0) is 19.8 Å². The predicted molar refractivity (Wildman–Crippen MR) is 68.7 cm³/mol. The van der Waals surface area contributed by atoms with Crippen LogP contribution in [0, 0.1) is 0 Å². The highest BCUT2D eigenvalue weighted by Gasteiger charge is 2.24. The van der Waals surface area contributed by atoms with E-state index in [0.29, 0.717) is 25.6 Å². The third-order valence-electron chi connectivity index (χ3n) is 3.32. The fourth-order valence-electron chi connectivity index (χ4n) is 2.32. The Labute approximate surface area is 104 Å². The van der Waals surface area contributed by atoms with Crippen LogP contribution in [0.5, 0.6) is 0 Å². The summed E-state index contributed by atoms with van der Waals surface area (Å²) in [5, 5.41) is 8.91. The number of aliphatic hydroxyl groups is 1. The van der Waals surface area contributed by atoms with Crippen LogP contribution in [-0.2, 0) is 4.79 Å². The minimum Gasteiger partial charge on any atom is -0.395 e. The van der Waals surface area contributed by atoms with Gasteiger partial charge in [0.1, 0.15) is 0 Å². The van der Waals surface area contributed by atoms with Gasteiger partial charge in [0.25, 0.3) is 0 Å². The van der Waals surface area contributed by atoms with Gasteiger partial charge in [-0.1, -0.05) is 6.08 Å². The van der Waals surface area contributed by atoms with Gasteiger partial charge >= 0.3 is 0 Å². The fraction of sp³-hybridized carbons (Fsp3) is 0.769. The van der Waals surface area contributed by atoms with Crippen LogP contribution in [0.15, 0.2) is 12.7 Å². The lowest BCUT2D eigenvalue weighted by molar-refractivity contribution is -0.132. The first kappa shape index (κ1) is 14.2. The van der Waals surface area contributed by atoms with Crippen LogP contribution >= 0.6 is 0 Å². The molecule has 1 saturated heterocycles. The molecular formula is C13H24N2O2. The highest BCUT2D eigenvalue weighted by atomic mass is 16.3. The molecule has 0 aromatic carbocycles. The number of hydrogen-bond acceptors (Lipinski definition) is 3. The quantitative estimate of drug-likeness (QED) is 0.672. The second-order valence-electron chi connectivity index (χ2n) is 4.64. The molecule has 0 spiro atoms. The molecule has 0 radical (unpaired) electrons. The predicted octanol–water partition coefficient (Wildman–Crippen LogP) is 0.868. The number of hydrogen-bond donors (Lipinski definition) is 1. The molecule has 0 aliphatic carbocycles. The van der Waals surface area contributed by atoms with Crippen molar-refractivity contribution in [3.63, 3.8) is 0 Å². The summed E-state index contributed by atoms with van der Waals surface area (Å²) < 4.78 is 0. The van der Waals surface area contributed by atoms with Gasteiger partial charge in [-0.2, -0.15) is 0 Å². The molecule has 17 heavy (non-hydrogen) atoms. The minimum absolute atomic E-state index is 0.127. The SMILES string of the molecule is C=CCN(CCO)CCC(=O)N1CCCC1C. The molecule has 1 rings (SSSR count). The number of rotatable bonds is 7. The topological polar surface area (TPSA) is 43.8 Å². The van der Waals surface area contributed by atoms with Crippen LogP contribution in [-0.4, -0.2) is 59.6 Å². The summed E-state index contributed by atoms with van der Waals surface area (Å²) in [7, 11) is 0. The van der Waals surface area contributed by atoms with Gasteiger partial charge in [-0.3, -0.25) is 9.69 Å². The average molecular weight is 240 g/mol. The summed E-state index contributed by atoms with van der Waals surface area (Å²) in [5.41, 5.74) is 0. The molecule has 1 atom stereocenters. The monoisotopic (exact) mass is 240 g/mol. The molecule has 1 N–H and O–H groups in total. The van der Waals surface area contributed by atoms with Crippen molar-refractivity contribution in [2.45, 2.75) is 32.2 Å². The maximum atomic E-state index is 12.0. The van der Waals surface area contributed by atoms with Crippen molar-refractivity contribution in [2.24, 2.45) is 0 Å². The summed E-state index contributed by atoms with van der Waals surface area (Å²) in [4.78, 5) is 16.0. The first-order valence-corrected chi connectivity index (χ1v) is 6.42. The summed E-state index contributed by atoms with van der Waals surface area (Å²) >= 11 is 0. The second-order valence-corrected chi connectivity index (χ2v) is 4.64. The molecule has 1 amide bonds. The van der Waals surface area contributed by atoms with Gasteiger partial charge in [0, 0.05) is 38.6 Å². The summed E-state index contributed by atoms with van der Waals surface area (Å²) in [6.45, 7) is 8.86. The number of carbonyl (C=O) groups excluding carboxylic acids is 1. The van der Waals surface area contributed by atoms with Crippen LogP contribution in [0.4, 0.5) is 0 Å². The Balaban J connectivity index is 2.32. The zero-order chi connectivity index (χ0) is 12.7. The van der Waals surface area contributed by atoms with Gasteiger partial charge in [0.05, 0.1) is 6.61 Å². The van der Waals surface area contributed by atoms with Crippen molar-refractivity contribution < 1.29 is 9.90 Å². The standard InChI is InChI=1S/C13H24N2O2/c1-3-7-14(10-11-16)9-6-13(17)15-8-4-5-12(15)2/h3,12,16H,1,4-11H2,2H3. The average Bonchev–Trinajstić information content (AvgIpc) is 2.72. The van der Waals surface area contributed by atoms with E-state index in [1.165, 1.54) is 0 Å². The maximum Gasteiger partial charge on any atom is 0.224 e. The molecule has 98 valence electrons. The van der Waals surface area contributed by atoms with Gasteiger partial charge in [0.2, 0.25) is 5.91 Å². The van der Waals surface area contributed by atoms with Crippen LogP contribution in [0.3, 0.4) is 0 Å². The number of likely N-dealkylation sites (tertiary alicyclic amines) is 1. The third-order valence-corrected chi connectivity index (χ3v) is 3.32. The van der Waals surface area contributed by atoms with E-state index in [2.05, 4.69) is 13.5 Å². The largest absolute Gasteiger partial charge is 0.395 e. The smallest absolute Gasteiger partial charge is 0.224 e. The zero-order valence-corrected chi connectivity index (χ0v) is 10.8. The van der Waals surface area contributed by atoms with E-state index in [9.17, 15) is 4.79 Å². The second kappa shape index (κ2) is 7.45. The molecule has 1 aliphatic heterocycles. The fourth-order valence-corrected chi connectivity index (χ4v) is 2.32. The van der Waals surface area contributed by atoms with Crippen LogP contribution < -0.4 is 0 Å². The number of aliphatic hydroxyl groups excluding tert-OH is 1. The Kier molecular flexibility index (Phi) is 6.22. The Morgan fingerprint density at radius 2 is 2.35 bits per heavy atom. The van der Waals surface area contributed by atoms with Crippen molar-refractivity contribution in [2.75, 3.05) is 32.8 Å². The van der Waals surface area contributed by atoms with E-state index in [0.717, 1.165) is 25.9 Å². The molecule has 0 aromatic rings. The van der Waals surface area contributed by atoms with Crippen LogP contribution in [0.2, 0.25) is 0 Å². The molecule has 0 saturated carbocycles. The van der Waals surface area contributed by atoms with Crippen molar-refractivity contribution in [3.05, 3.63) is 12.7 Å². The molecular weight excluding hydrogens is 216 g/mol. The summed E-state index contributed by atoms with van der Waals surface area (Å²) in [6.07, 6.45) is 4.59.